The second-order valence-electron chi connectivity index (χ2n) is 12.5. The Morgan fingerprint density at radius 2 is 1.78 bits per heavy atom. The molecular weight excluding hydrogens is 542 g/mol. The average Bonchev–Trinajstić information content (AvgIpc) is 3.18. The monoisotopic (exact) mass is 583 g/mol. The summed E-state index contributed by atoms with van der Waals surface area (Å²) in [6.07, 6.45) is 9.60. The number of hydrogen-bond acceptors (Lipinski definition) is 7. The molecule has 2 aromatic rings. The van der Waals surface area contributed by atoms with Crippen LogP contribution >= 0.6 is 0 Å². The van der Waals surface area contributed by atoms with E-state index < -0.39 is 15.6 Å². The van der Waals surface area contributed by atoms with Gasteiger partial charge in [0, 0.05) is 24.8 Å². The lowest BCUT2D eigenvalue weighted by atomic mass is 9.86. The van der Waals surface area contributed by atoms with Gasteiger partial charge in [0.1, 0.15) is 17.0 Å². The van der Waals surface area contributed by atoms with Crippen LogP contribution in [0.1, 0.15) is 89.7 Å². The first-order chi connectivity index (χ1) is 19.4. The highest BCUT2D eigenvalue weighted by Crippen LogP contribution is 2.39. The molecule has 11 heteroatoms. The van der Waals surface area contributed by atoms with E-state index in [4.69, 9.17) is 10.5 Å². The molecule has 5 rings (SSSR count). The highest BCUT2D eigenvalue weighted by Gasteiger charge is 2.41. The number of nitrogens with one attached hydrogen (secondary N) is 2. The van der Waals surface area contributed by atoms with Crippen LogP contribution in [-0.2, 0) is 26.1 Å². The molecule has 0 unspecified atom stereocenters. The second kappa shape index (κ2) is 11.6. The van der Waals surface area contributed by atoms with E-state index in [1.165, 1.54) is 6.42 Å². The molecule has 2 saturated carbocycles. The molecule has 1 aromatic heterocycles. The van der Waals surface area contributed by atoms with Gasteiger partial charge in [-0.3, -0.25) is 9.59 Å². The third kappa shape index (κ3) is 6.51. The summed E-state index contributed by atoms with van der Waals surface area (Å²) in [6, 6.07) is 6.83. The van der Waals surface area contributed by atoms with Crippen LogP contribution < -0.4 is 16.6 Å². The maximum atomic E-state index is 13.4. The zero-order chi connectivity index (χ0) is 29.4. The minimum absolute atomic E-state index is 0.0725. The van der Waals surface area contributed by atoms with Crippen LogP contribution in [-0.4, -0.2) is 47.2 Å². The Hall–Kier alpha value is -3.18. The van der Waals surface area contributed by atoms with E-state index in [9.17, 15) is 18.0 Å². The van der Waals surface area contributed by atoms with Crippen molar-refractivity contribution >= 4 is 33.2 Å². The number of nitrogens with zero attached hydrogens (tertiary/aromatic N) is 2. The molecule has 10 nitrogen and oxygen atoms in total. The van der Waals surface area contributed by atoms with E-state index >= 15 is 0 Å². The Balaban J connectivity index is 1.31. The Bertz CT molecular complexity index is 1480. The number of anilines is 1. The molecule has 0 saturated heterocycles. The van der Waals surface area contributed by atoms with Gasteiger partial charge >= 0.3 is 5.97 Å². The molecule has 0 amide bonds. The molecule has 2 heterocycles. The van der Waals surface area contributed by atoms with E-state index in [1.54, 1.807) is 34.8 Å². The Morgan fingerprint density at radius 1 is 1.07 bits per heavy atom. The lowest BCUT2D eigenvalue weighted by molar-refractivity contribution is -0.161. The van der Waals surface area contributed by atoms with Crippen molar-refractivity contribution < 1.29 is 17.9 Å². The second-order valence-corrected chi connectivity index (χ2v) is 14.3. The maximum Gasteiger partial charge on any atom is 0.309 e. The predicted octanol–water partition coefficient (Wildman–Crippen LogP) is 4.56. The van der Waals surface area contributed by atoms with Gasteiger partial charge < -0.3 is 20.8 Å². The van der Waals surface area contributed by atoms with E-state index in [0.717, 1.165) is 25.7 Å². The number of ether oxygens (including phenoxy) is 1. The number of esters is 1. The molecule has 222 valence electrons. The van der Waals surface area contributed by atoms with Gasteiger partial charge in [0.05, 0.1) is 22.2 Å². The number of hydrogen-bond donors (Lipinski definition) is 3. The van der Waals surface area contributed by atoms with Crippen molar-refractivity contribution in [3.63, 3.8) is 0 Å². The molecule has 4 N–H and O–H groups in total. The first-order valence-corrected chi connectivity index (χ1v) is 16.1. The van der Waals surface area contributed by atoms with Gasteiger partial charge in [-0.2, -0.15) is 4.31 Å². The number of pyridine rings is 1. The quantitative estimate of drug-likeness (QED) is 0.257. The summed E-state index contributed by atoms with van der Waals surface area (Å²) in [5, 5.41) is 3.48. The first-order valence-electron chi connectivity index (χ1n) is 14.6. The number of fused-ring (bicyclic) bond motifs is 1. The minimum atomic E-state index is -3.67. The highest BCUT2D eigenvalue weighted by atomic mass is 32.2. The van der Waals surface area contributed by atoms with Crippen LogP contribution in [0.2, 0.25) is 0 Å². The Kier molecular flexibility index (Phi) is 8.29. The number of amidine groups is 1. The average molecular weight is 584 g/mol. The Morgan fingerprint density at radius 3 is 2.46 bits per heavy atom. The van der Waals surface area contributed by atoms with Crippen molar-refractivity contribution in [1.29, 1.82) is 0 Å². The summed E-state index contributed by atoms with van der Waals surface area (Å²) in [5.74, 6) is -0.345. The largest absolute Gasteiger partial charge is 0.460 e. The molecular formula is C30H41N5O5S. The van der Waals surface area contributed by atoms with E-state index in [-0.39, 0.29) is 52.4 Å². The number of aromatic nitrogens is 1. The van der Waals surface area contributed by atoms with E-state index in [0.29, 0.717) is 42.6 Å². The van der Waals surface area contributed by atoms with Crippen molar-refractivity contribution in [3.05, 3.63) is 51.9 Å². The number of carbonyl (C=O) groups is 1. The predicted molar refractivity (Wildman–Crippen MR) is 159 cm³/mol. The van der Waals surface area contributed by atoms with Gasteiger partial charge in [0.15, 0.2) is 0 Å². The van der Waals surface area contributed by atoms with Crippen LogP contribution in [0.5, 0.6) is 0 Å². The van der Waals surface area contributed by atoms with Crippen LogP contribution in [0.25, 0.3) is 0 Å². The SMILES string of the molecule is CC(C)(C)OC(=O)C1CCC(N2Cc3cc(N=C(N)c4c(NC5CCCCC5)cc[nH]c4=O)ccc3S2(=O)=O)CC1. The van der Waals surface area contributed by atoms with Crippen LogP contribution in [0.4, 0.5) is 11.4 Å². The van der Waals surface area contributed by atoms with Gasteiger partial charge in [-0.15, -0.1) is 0 Å². The van der Waals surface area contributed by atoms with Gasteiger partial charge in [0.25, 0.3) is 5.56 Å². The highest BCUT2D eigenvalue weighted by molar-refractivity contribution is 7.89. The summed E-state index contributed by atoms with van der Waals surface area (Å²) in [6.45, 7) is 5.79. The molecule has 0 spiro atoms. The van der Waals surface area contributed by atoms with E-state index in [1.807, 2.05) is 20.8 Å². The first kappa shape index (κ1) is 29.3. The number of aliphatic imine (C=N–C) groups is 1. The van der Waals surface area contributed by atoms with Gasteiger partial charge in [-0.25, -0.2) is 13.4 Å². The molecule has 1 aliphatic heterocycles. The molecule has 1 aromatic carbocycles. The number of benzene rings is 1. The summed E-state index contributed by atoms with van der Waals surface area (Å²) in [5.41, 5.74) is 7.58. The maximum absolute atomic E-state index is 13.4. The van der Waals surface area contributed by atoms with Gasteiger partial charge in [-0.1, -0.05) is 19.3 Å². The minimum Gasteiger partial charge on any atom is -0.460 e. The van der Waals surface area contributed by atoms with Crippen molar-refractivity contribution in [1.82, 2.24) is 9.29 Å². The fourth-order valence-electron chi connectivity index (χ4n) is 6.21. The van der Waals surface area contributed by atoms with Crippen LogP contribution in [0, 0.1) is 5.92 Å². The third-order valence-corrected chi connectivity index (χ3v) is 10.2. The Labute approximate surface area is 241 Å². The third-order valence-electron chi connectivity index (χ3n) is 8.23. The summed E-state index contributed by atoms with van der Waals surface area (Å²) >= 11 is 0. The number of H-pyrrole nitrogens is 1. The zero-order valence-corrected chi connectivity index (χ0v) is 24.9. The molecule has 0 atom stereocenters. The van der Waals surface area contributed by atoms with Crippen molar-refractivity contribution in [2.45, 2.75) is 108 Å². The number of aromatic amines is 1. The topological polar surface area (TPSA) is 147 Å². The molecule has 0 radical (unpaired) electrons. The number of rotatable bonds is 6. The normalized spacial score (nSPS) is 23.6. The van der Waals surface area contributed by atoms with E-state index in [2.05, 4.69) is 15.3 Å². The van der Waals surface area contributed by atoms with Gasteiger partial charge in [0.2, 0.25) is 10.0 Å². The van der Waals surface area contributed by atoms with Crippen LogP contribution in [0.15, 0.2) is 45.1 Å². The fraction of sp³-hybridized carbons (Fsp3) is 0.567. The molecule has 3 aliphatic rings. The molecule has 2 fully saturated rings. The molecule has 0 bridgehead atoms. The summed E-state index contributed by atoms with van der Waals surface area (Å²) < 4.78 is 34.0. The lowest BCUT2D eigenvalue weighted by Gasteiger charge is -2.33. The lowest BCUT2D eigenvalue weighted by Crippen LogP contribution is -2.40. The standard InChI is InChI=1S/C30H41N5O5S/c1-30(2,3)40-29(37)19-9-12-23(13-10-19)35-18-20-17-22(11-14-25(20)41(35,38)39)34-27(31)26-24(15-16-32-28(26)36)33-21-7-5-4-6-8-21/h11,14-17,19,21,23H,4-10,12-13,18H2,1-3H3,(H2,31,34)(H2,32,33,36). The summed E-state index contributed by atoms with van der Waals surface area (Å²) in [4.78, 5) is 32.8. The van der Waals surface area contributed by atoms with Crippen LogP contribution in [0.3, 0.4) is 0 Å². The fourth-order valence-corrected chi connectivity index (χ4v) is 8.07. The number of sulfonamides is 1. The zero-order valence-electron chi connectivity index (χ0n) is 24.1. The number of carbonyl (C=O) groups excluding carboxylic acids is 1. The molecule has 41 heavy (non-hydrogen) atoms. The van der Waals surface area contributed by atoms with Gasteiger partial charge in [-0.05, 0) is 89.1 Å². The van der Waals surface area contributed by atoms with Crippen molar-refractivity contribution in [2.24, 2.45) is 16.6 Å². The number of nitrogens with two attached hydrogens (primary N) is 1. The smallest absolute Gasteiger partial charge is 0.309 e. The van der Waals surface area contributed by atoms with Crippen molar-refractivity contribution in [2.75, 3.05) is 5.32 Å². The molecule has 2 aliphatic carbocycles. The van der Waals surface area contributed by atoms with Crippen molar-refractivity contribution in [3.8, 4) is 0 Å². The summed E-state index contributed by atoms with van der Waals surface area (Å²) in [7, 11) is -3.67.